The Balaban J connectivity index is 2.08. The summed E-state index contributed by atoms with van der Waals surface area (Å²) in [6.07, 6.45) is 0. The van der Waals surface area contributed by atoms with E-state index in [0.29, 0.717) is 18.3 Å². The van der Waals surface area contributed by atoms with Crippen LogP contribution in [-0.4, -0.2) is 20.3 Å². The van der Waals surface area contributed by atoms with Gasteiger partial charge < -0.3 is 10.1 Å². The summed E-state index contributed by atoms with van der Waals surface area (Å²) in [6.45, 7) is 9.04. The average molecular weight is 274 g/mol. The van der Waals surface area contributed by atoms with Crippen molar-refractivity contribution in [3.05, 3.63) is 35.7 Å². The third-order valence-corrected chi connectivity index (χ3v) is 2.75. The first-order valence-corrected chi connectivity index (χ1v) is 6.73. The highest BCUT2D eigenvalue weighted by molar-refractivity contribution is 5.23. The molecule has 0 fully saturated rings. The molecule has 0 saturated heterocycles. The molecule has 0 aliphatic rings. The van der Waals surface area contributed by atoms with Gasteiger partial charge in [0.25, 0.3) is 0 Å². The Hall–Kier alpha value is -1.88. The van der Waals surface area contributed by atoms with Gasteiger partial charge in [-0.3, -0.25) is 0 Å². The van der Waals surface area contributed by atoms with Gasteiger partial charge in [0.2, 0.25) is 11.8 Å². The third-order valence-electron chi connectivity index (χ3n) is 2.75. The topological polar surface area (TPSA) is 52.0 Å². The minimum Gasteiger partial charge on any atom is -0.421 e. The highest BCUT2D eigenvalue weighted by atomic mass is 16.5. The molecule has 5 heteroatoms. The molecule has 0 saturated carbocycles. The molecular formula is C15H22N4O. The predicted octanol–water partition coefficient (Wildman–Crippen LogP) is 2.80. The van der Waals surface area contributed by atoms with Gasteiger partial charge in [-0.1, -0.05) is 6.07 Å². The Bertz CT molecular complexity index is 584. The predicted molar refractivity (Wildman–Crippen MR) is 78.8 cm³/mol. The lowest BCUT2D eigenvalue weighted by molar-refractivity contribution is 0.403. The van der Waals surface area contributed by atoms with Gasteiger partial charge in [0.1, 0.15) is 0 Å². The maximum atomic E-state index is 5.76. The fourth-order valence-electron chi connectivity index (χ4n) is 1.76. The molecule has 2 heterocycles. The third kappa shape index (κ3) is 4.06. The summed E-state index contributed by atoms with van der Waals surface area (Å²) in [6, 6.07) is 7.68. The first-order valence-electron chi connectivity index (χ1n) is 6.73. The second-order valence-corrected chi connectivity index (χ2v) is 5.92. The van der Waals surface area contributed by atoms with Gasteiger partial charge in [-0.15, -0.1) is 0 Å². The van der Waals surface area contributed by atoms with E-state index in [9.17, 15) is 0 Å². The van der Waals surface area contributed by atoms with Gasteiger partial charge in [-0.25, -0.2) is 9.67 Å². The van der Waals surface area contributed by atoms with Crippen molar-refractivity contribution in [2.45, 2.75) is 39.8 Å². The fraction of sp³-hybridized carbons (Fsp3) is 0.467. The van der Waals surface area contributed by atoms with Crippen molar-refractivity contribution in [3.63, 3.8) is 0 Å². The van der Waals surface area contributed by atoms with Crippen LogP contribution in [-0.2, 0) is 13.6 Å². The molecule has 0 spiro atoms. The van der Waals surface area contributed by atoms with E-state index in [1.165, 1.54) is 0 Å². The Morgan fingerprint density at radius 1 is 1.30 bits per heavy atom. The summed E-state index contributed by atoms with van der Waals surface area (Å²) < 4.78 is 7.47. The molecule has 0 aliphatic carbocycles. The van der Waals surface area contributed by atoms with Gasteiger partial charge in [0, 0.05) is 31.3 Å². The zero-order valence-corrected chi connectivity index (χ0v) is 12.8. The van der Waals surface area contributed by atoms with E-state index in [0.717, 1.165) is 11.4 Å². The van der Waals surface area contributed by atoms with Crippen LogP contribution in [0, 0.1) is 6.92 Å². The van der Waals surface area contributed by atoms with Crippen molar-refractivity contribution in [3.8, 4) is 11.8 Å². The van der Waals surface area contributed by atoms with E-state index in [1.807, 2.05) is 38.2 Å². The van der Waals surface area contributed by atoms with E-state index in [-0.39, 0.29) is 5.54 Å². The Kier molecular flexibility index (Phi) is 4.09. The molecule has 0 bridgehead atoms. The lowest BCUT2D eigenvalue weighted by Gasteiger charge is -2.20. The van der Waals surface area contributed by atoms with Crippen molar-refractivity contribution < 1.29 is 4.74 Å². The van der Waals surface area contributed by atoms with Crippen LogP contribution >= 0.6 is 0 Å². The first-order chi connectivity index (χ1) is 9.33. The summed E-state index contributed by atoms with van der Waals surface area (Å²) in [5, 5.41) is 7.66. The average Bonchev–Trinajstić information content (AvgIpc) is 2.65. The maximum Gasteiger partial charge on any atom is 0.221 e. The normalized spacial score (nSPS) is 11.7. The SMILES string of the molecule is Cc1cc(Oc2cccc(CNC(C)(C)C)n2)n(C)n1. The molecule has 2 rings (SSSR count). The van der Waals surface area contributed by atoms with Crippen LogP contribution in [0.2, 0.25) is 0 Å². The van der Waals surface area contributed by atoms with Crippen LogP contribution in [0.15, 0.2) is 24.3 Å². The summed E-state index contributed by atoms with van der Waals surface area (Å²) in [5.41, 5.74) is 1.95. The first kappa shape index (κ1) is 14.5. The molecular weight excluding hydrogens is 252 g/mol. The van der Waals surface area contributed by atoms with Gasteiger partial charge >= 0.3 is 0 Å². The van der Waals surface area contributed by atoms with Gasteiger partial charge in [0.05, 0.1) is 11.4 Å². The number of ether oxygens (including phenoxy) is 1. The number of nitrogens with zero attached hydrogens (tertiary/aromatic N) is 3. The van der Waals surface area contributed by atoms with Gasteiger partial charge in [0.15, 0.2) is 0 Å². The molecule has 20 heavy (non-hydrogen) atoms. The summed E-state index contributed by atoms with van der Waals surface area (Å²) in [7, 11) is 1.85. The van der Waals surface area contributed by atoms with Crippen molar-refractivity contribution in [1.29, 1.82) is 0 Å². The lowest BCUT2D eigenvalue weighted by atomic mass is 10.1. The largest absolute Gasteiger partial charge is 0.421 e. The molecule has 0 amide bonds. The number of hydrogen-bond donors (Lipinski definition) is 1. The molecule has 0 aliphatic heterocycles. The minimum atomic E-state index is 0.0672. The Labute approximate surface area is 120 Å². The molecule has 0 aromatic carbocycles. The molecule has 5 nitrogen and oxygen atoms in total. The second-order valence-electron chi connectivity index (χ2n) is 5.92. The zero-order valence-electron chi connectivity index (χ0n) is 12.8. The Morgan fingerprint density at radius 2 is 2.05 bits per heavy atom. The van der Waals surface area contributed by atoms with Gasteiger partial charge in [-0.2, -0.15) is 5.10 Å². The van der Waals surface area contributed by atoms with Crippen LogP contribution in [0.3, 0.4) is 0 Å². The number of rotatable bonds is 4. The van der Waals surface area contributed by atoms with Gasteiger partial charge in [-0.05, 0) is 33.8 Å². The smallest absolute Gasteiger partial charge is 0.221 e. The zero-order chi connectivity index (χ0) is 14.8. The monoisotopic (exact) mass is 274 g/mol. The number of pyridine rings is 1. The lowest BCUT2D eigenvalue weighted by Crippen LogP contribution is -2.35. The fourth-order valence-corrected chi connectivity index (χ4v) is 1.76. The maximum absolute atomic E-state index is 5.76. The van der Waals surface area contributed by atoms with Crippen molar-refractivity contribution in [2.24, 2.45) is 7.05 Å². The van der Waals surface area contributed by atoms with E-state index >= 15 is 0 Å². The van der Waals surface area contributed by atoms with E-state index in [4.69, 9.17) is 4.74 Å². The van der Waals surface area contributed by atoms with Crippen LogP contribution in [0.5, 0.6) is 11.8 Å². The van der Waals surface area contributed by atoms with Crippen molar-refractivity contribution >= 4 is 0 Å². The Morgan fingerprint density at radius 3 is 2.65 bits per heavy atom. The molecule has 0 radical (unpaired) electrons. The molecule has 0 atom stereocenters. The second kappa shape index (κ2) is 5.63. The quantitative estimate of drug-likeness (QED) is 0.931. The standard InChI is InChI=1S/C15H22N4O/c1-11-9-14(19(5)18-11)20-13-8-6-7-12(17-13)10-16-15(2,3)4/h6-9,16H,10H2,1-5H3. The molecule has 2 aromatic rings. The van der Waals surface area contributed by atoms with Crippen molar-refractivity contribution in [1.82, 2.24) is 20.1 Å². The molecule has 108 valence electrons. The summed E-state index contributed by atoms with van der Waals surface area (Å²) in [4.78, 5) is 4.50. The van der Waals surface area contributed by atoms with Crippen LogP contribution in [0.25, 0.3) is 0 Å². The minimum absolute atomic E-state index is 0.0672. The molecule has 1 N–H and O–H groups in total. The van der Waals surface area contributed by atoms with Crippen LogP contribution in [0.4, 0.5) is 0 Å². The van der Waals surface area contributed by atoms with E-state index < -0.39 is 0 Å². The number of hydrogen-bond acceptors (Lipinski definition) is 4. The molecule has 2 aromatic heterocycles. The summed E-state index contributed by atoms with van der Waals surface area (Å²) in [5.74, 6) is 1.28. The van der Waals surface area contributed by atoms with E-state index in [2.05, 4.69) is 36.2 Å². The highest BCUT2D eigenvalue weighted by Gasteiger charge is 2.10. The number of aryl methyl sites for hydroxylation is 2. The van der Waals surface area contributed by atoms with Crippen molar-refractivity contribution in [2.75, 3.05) is 0 Å². The number of nitrogens with one attached hydrogen (secondary N) is 1. The highest BCUT2D eigenvalue weighted by Crippen LogP contribution is 2.19. The van der Waals surface area contributed by atoms with Crippen LogP contribution in [0.1, 0.15) is 32.2 Å². The van der Waals surface area contributed by atoms with Crippen LogP contribution < -0.4 is 10.1 Å². The molecule has 0 unspecified atom stereocenters. The van der Waals surface area contributed by atoms with E-state index in [1.54, 1.807) is 4.68 Å². The number of aromatic nitrogens is 3. The summed E-state index contributed by atoms with van der Waals surface area (Å²) >= 11 is 0.